The first-order chi connectivity index (χ1) is 6.32. The zero-order chi connectivity index (χ0) is 10.9. The van der Waals surface area contributed by atoms with Gasteiger partial charge in [-0.1, -0.05) is 13.8 Å². The van der Waals surface area contributed by atoms with Gasteiger partial charge < -0.3 is 10.6 Å². The van der Waals surface area contributed by atoms with Crippen LogP contribution in [0.25, 0.3) is 5.73 Å². The molecule has 1 N–H and O–H groups in total. The predicted molar refractivity (Wildman–Crippen MR) is 45.6 cm³/mol. The molecule has 2 amide bonds. The van der Waals surface area contributed by atoms with Crippen LogP contribution in [-0.2, 0) is 40.3 Å². The minimum Gasteiger partial charge on any atom is -0.663 e. The molecule has 6 nitrogen and oxygen atoms in total. The van der Waals surface area contributed by atoms with Gasteiger partial charge in [-0.25, -0.2) is 0 Å². The van der Waals surface area contributed by atoms with E-state index in [0.717, 1.165) is 0 Å². The summed E-state index contributed by atoms with van der Waals surface area (Å²) in [5.41, 5.74) is 5.84. The Labute approximate surface area is 101 Å². The Morgan fingerprint density at radius 3 is 2.07 bits per heavy atom. The van der Waals surface area contributed by atoms with Crippen molar-refractivity contribution < 1.29 is 40.3 Å². The Kier molecular flexibility index (Phi) is 4.61. The van der Waals surface area contributed by atoms with Crippen molar-refractivity contribution in [1.29, 1.82) is 0 Å². The van der Waals surface area contributed by atoms with Gasteiger partial charge in [-0.3, -0.25) is 14.4 Å². The number of hydroxylamine groups is 2. The van der Waals surface area contributed by atoms with Gasteiger partial charge in [0.2, 0.25) is 0 Å². The van der Waals surface area contributed by atoms with Crippen LogP contribution in [0.1, 0.15) is 26.7 Å². The van der Waals surface area contributed by atoms with Crippen molar-refractivity contribution in [1.82, 2.24) is 5.06 Å². The number of amides is 2. The van der Waals surface area contributed by atoms with Crippen molar-refractivity contribution in [2.75, 3.05) is 0 Å². The van der Waals surface area contributed by atoms with E-state index < -0.39 is 23.3 Å². The molecule has 0 aromatic carbocycles. The molecule has 0 aromatic rings. The molecule has 88 valence electrons. The molecular formula is C8H11N2O4Pt-. The second-order valence-electron chi connectivity index (χ2n) is 3.59. The fourth-order valence-corrected chi connectivity index (χ4v) is 0.855. The van der Waals surface area contributed by atoms with E-state index in [1.54, 1.807) is 0 Å². The van der Waals surface area contributed by atoms with E-state index in [9.17, 15) is 14.4 Å². The van der Waals surface area contributed by atoms with Gasteiger partial charge in [0.05, 0.1) is 0 Å². The molecule has 1 fully saturated rings. The molecule has 1 heterocycles. The molecule has 1 aliphatic heterocycles. The molecule has 7 heteroatoms. The molecular weight excluding hydrogens is 383 g/mol. The first kappa shape index (κ1) is 14.3. The quantitative estimate of drug-likeness (QED) is 0.636. The summed E-state index contributed by atoms with van der Waals surface area (Å²) in [6.45, 7) is 2.64. The maximum absolute atomic E-state index is 11.2. The average molecular weight is 394 g/mol. The Morgan fingerprint density at radius 2 is 1.73 bits per heavy atom. The summed E-state index contributed by atoms with van der Waals surface area (Å²) in [6, 6.07) is 0. The number of nitrogens with one attached hydrogen (secondary N) is 1. The Morgan fingerprint density at radius 1 is 1.33 bits per heavy atom. The number of carbonyl (C=O) groups is 3. The van der Waals surface area contributed by atoms with Gasteiger partial charge in [-0.05, 0) is 5.54 Å². The number of nitrogens with zero attached hydrogens (tertiary/aromatic N) is 1. The van der Waals surface area contributed by atoms with Crippen LogP contribution in [0.15, 0.2) is 0 Å². The molecule has 1 saturated heterocycles. The van der Waals surface area contributed by atoms with E-state index in [4.69, 9.17) is 5.73 Å². The molecule has 0 aromatic heterocycles. The van der Waals surface area contributed by atoms with E-state index in [-0.39, 0.29) is 33.9 Å². The van der Waals surface area contributed by atoms with Gasteiger partial charge in [0.15, 0.2) is 0 Å². The zero-order valence-corrected chi connectivity index (χ0v) is 10.6. The van der Waals surface area contributed by atoms with Crippen LogP contribution in [0.2, 0.25) is 0 Å². The molecule has 0 bridgehead atoms. The summed E-state index contributed by atoms with van der Waals surface area (Å²) in [5, 5.41) is 0.443. The van der Waals surface area contributed by atoms with Crippen molar-refractivity contribution in [2.45, 2.75) is 32.2 Å². The van der Waals surface area contributed by atoms with Crippen molar-refractivity contribution >= 4 is 17.8 Å². The van der Waals surface area contributed by atoms with Gasteiger partial charge in [-0.15, -0.1) is 5.06 Å². The van der Waals surface area contributed by atoms with Gasteiger partial charge in [0, 0.05) is 33.9 Å². The van der Waals surface area contributed by atoms with Crippen molar-refractivity contribution in [3.05, 3.63) is 5.73 Å². The maximum atomic E-state index is 11.2. The maximum Gasteiger partial charge on any atom is 0.318 e. The van der Waals surface area contributed by atoms with E-state index >= 15 is 0 Å². The van der Waals surface area contributed by atoms with E-state index in [1.165, 1.54) is 13.8 Å². The third-order valence-electron chi connectivity index (χ3n) is 1.69. The van der Waals surface area contributed by atoms with Crippen LogP contribution in [0.4, 0.5) is 0 Å². The number of hydrogen-bond acceptors (Lipinski definition) is 4. The second kappa shape index (κ2) is 4.85. The average Bonchev–Trinajstić information content (AvgIpc) is 2.34. The number of carbonyl (C=O) groups excluding carboxylic acids is 3. The first-order valence-electron chi connectivity index (χ1n) is 4.15. The van der Waals surface area contributed by atoms with Gasteiger partial charge in [-0.2, -0.15) is 0 Å². The number of rotatable bonds is 2. The van der Waals surface area contributed by atoms with Crippen LogP contribution < -0.4 is 0 Å². The molecule has 1 aliphatic rings. The van der Waals surface area contributed by atoms with Crippen LogP contribution in [0.5, 0.6) is 0 Å². The molecule has 15 heavy (non-hydrogen) atoms. The molecule has 0 unspecified atom stereocenters. The van der Waals surface area contributed by atoms with E-state index in [1.807, 2.05) is 0 Å². The fraction of sp³-hybridized carbons (Fsp3) is 0.625. The smallest absolute Gasteiger partial charge is 0.318 e. The minimum absolute atomic E-state index is 0. The number of imide groups is 1. The molecule has 0 aliphatic carbocycles. The van der Waals surface area contributed by atoms with Crippen LogP contribution >= 0.6 is 0 Å². The third-order valence-corrected chi connectivity index (χ3v) is 1.69. The molecule has 1 rings (SSSR count). The summed E-state index contributed by atoms with van der Waals surface area (Å²) < 4.78 is 0. The third kappa shape index (κ3) is 3.39. The Hall–Kier alpha value is -0.742. The Balaban J connectivity index is 0.00000196. The van der Waals surface area contributed by atoms with Crippen LogP contribution in [-0.4, -0.2) is 28.4 Å². The SMILES string of the molecule is CC(C)([NH-])C(=O)ON1C(=O)CCC1=O.[Pt]. The summed E-state index contributed by atoms with van der Waals surface area (Å²) in [7, 11) is 0. The van der Waals surface area contributed by atoms with E-state index in [0.29, 0.717) is 5.06 Å². The fourth-order valence-electron chi connectivity index (χ4n) is 0.855. The van der Waals surface area contributed by atoms with E-state index in [2.05, 4.69) is 4.84 Å². The zero-order valence-electron chi connectivity index (χ0n) is 8.31. The van der Waals surface area contributed by atoms with Crippen LogP contribution in [0, 0.1) is 0 Å². The summed E-state index contributed by atoms with van der Waals surface area (Å²) in [5.74, 6) is -1.98. The molecule has 0 atom stereocenters. The molecule has 0 radical (unpaired) electrons. The topological polar surface area (TPSA) is 87.5 Å². The predicted octanol–water partition coefficient (Wildman–Crippen LogP) is 0.422. The van der Waals surface area contributed by atoms with Crippen LogP contribution in [0.3, 0.4) is 0 Å². The van der Waals surface area contributed by atoms with Crippen molar-refractivity contribution in [3.8, 4) is 0 Å². The normalized spacial score (nSPS) is 16.3. The number of hydrogen-bond donors (Lipinski definition) is 0. The first-order valence-corrected chi connectivity index (χ1v) is 4.15. The standard InChI is InChI=1S/C8H11N2O4.Pt/c1-8(2,9)7(13)14-10-5(11)3-4-6(10)12;/h9H,3-4H2,1-2H3;/q-1;. The largest absolute Gasteiger partial charge is 0.663 e. The minimum atomic E-state index is -1.47. The summed E-state index contributed by atoms with van der Waals surface area (Å²) in [6.07, 6.45) is 0.120. The second-order valence-corrected chi connectivity index (χ2v) is 3.59. The summed E-state index contributed by atoms with van der Waals surface area (Å²) >= 11 is 0. The van der Waals surface area contributed by atoms with Gasteiger partial charge >= 0.3 is 5.97 Å². The summed E-state index contributed by atoms with van der Waals surface area (Å²) in [4.78, 5) is 37.7. The Bertz CT molecular complexity index is 282. The van der Waals surface area contributed by atoms with Gasteiger partial charge in [0.25, 0.3) is 11.8 Å². The van der Waals surface area contributed by atoms with Gasteiger partial charge in [0.1, 0.15) is 0 Å². The molecule has 0 spiro atoms. The van der Waals surface area contributed by atoms with Crippen molar-refractivity contribution in [3.63, 3.8) is 0 Å². The van der Waals surface area contributed by atoms with Crippen molar-refractivity contribution in [2.24, 2.45) is 0 Å². The monoisotopic (exact) mass is 394 g/mol. The molecule has 0 saturated carbocycles.